The molecule has 0 N–H and O–H groups in total. The van der Waals surface area contributed by atoms with Crippen LogP contribution in [0.3, 0.4) is 0 Å². The summed E-state index contributed by atoms with van der Waals surface area (Å²) in [6.45, 7) is 6.36. The zero-order chi connectivity index (χ0) is 14.8. The summed E-state index contributed by atoms with van der Waals surface area (Å²) in [5.41, 5.74) is 3.12. The van der Waals surface area contributed by atoms with Gasteiger partial charge in [0, 0.05) is 13.0 Å². The molecule has 2 aliphatic carbocycles. The third-order valence-corrected chi connectivity index (χ3v) is 5.58. The lowest BCUT2D eigenvalue weighted by atomic mass is 9.70. The van der Waals surface area contributed by atoms with E-state index in [1.165, 1.54) is 63.6 Å². The van der Waals surface area contributed by atoms with Gasteiger partial charge in [-0.25, -0.2) is 0 Å². The predicted molar refractivity (Wildman–Crippen MR) is 84.0 cm³/mol. The van der Waals surface area contributed by atoms with E-state index in [0.717, 1.165) is 18.4 Å². The van der Waals surface area contributed by atoms with E-state index in [-0.39, 0.29) is 12.1 Å². The molecule has 0 amide bonds. The van der Waals surface area contributed by atoms with Crippen LogP contribution in [-0.2, 0) is 9.53 Å². The molecule has 0 aromatic carbocycles. The van der Waals surface area contributed by atoms with Gasteiger partial charge >= 0.3 is 5.97 Å². The first-order valence-corrected chi connectivity index (χ1v) is 8.81. The normalized spacial score (nSPS) is 33.3. The van der Waals surface area contributed by atoms with Gasteiger partial charge in [-0.05, 0) is 75.9 Å². The van der Waals surface area contributed by atoms with E-state index in [1.807, 2.05) is 0 Å². The van der Waals surface area contributed by atoms with E-state index in [4.69, 9.17) is 4.74 Å². The molecule has 3 rings (SSSR count). The lowest BCUT2D eigenvalue weighted by Gasteiger charge is -2.47. The monoisotopic (exact) mass is 291 g/mol. The van der Waals surface area contributed by atoms with Crippen molar-refractivity contribution in [2.75, 3.05) is 13.1 Å². The maximum absolute atomic E-state index is 11.4. The Bertz CT molecular complexity index is 427. The highest BCUT2D eigenvalue weighted by atomic mass is 16.5. The average Bonchev–Trinajstić information content (AvgIpc) is 2.46. The second-order valence-corrected chi connectivity index (χ2v) is 7.03. The van der Waals surface area contributed by atoms with Crippen molar-refractivity contribution in [2.45, 2.75) is 77.4 Å². The molecule has 0 saturated carbocycles. The van der Waals surface area contributed by atoms with E-state index in [0.29, 0.717) is 0 Å². The van der Waals surface area contributed by atoms with Crippen molar-refractivity contribution in [2.24, 2.45) is 5.92 Å². The summed E-state index contributed by atoms with van der Waals surface area (Å²) in [6.07, 6.45) is 9.90. The summed E-state index contributed by atoms with van der Waals surface area (Å²) in [5.74, 6) is 0.673. The molecule has 0 unspecified atom stereocenters. The summed E-state index contributed by atoms with van der Waals surface area (Å²) in [4.78, 5) is 14.1. The number of carbonyl (C=O) groups excluding carboxylic acids is 1. The van der Waals surface area contributed by atoms with Crippen LogP contribution in [0.2, 0.25) is 0 Å². The summed E-state index contributed by atoms with van der Waals surface area (Å²) < 4.78 is 5.60. The van der Waals surface area contributed by atoms with Crippen LogP contribution in [0.4, 0.5) is 0 Å². The van der Waals surface area contributed by atoms with Crippen molar-refractivity contribution in [3.63, 3.8) is 0 Å². The summed E-state index contributed by atoms with van der Waals surface area (Å²) >= 11 is 0. The number of esters is 1. The van der Waals surface area contributed by atoms with Gasteiger partial charge in [0.1, 0.15) is 6.10 Å². The minimum atomic E-state index is -0.118. The van der Waals surface area contributed by atoms with Crippen LogP contribution in [0.15, 0.2) is 11.1 Å². The Balaban J connectivity index is 1.78. The lowest BCUT2D eigenvalue weighted by Crippen LogP contribution is -2.48. The highest BCUT2D eigenvalue weighted by molar-refractivity contribution is 5.66. The molecule has 3 nitrogen and oxygen atoms in total. The quantitative estimate of drug-likeness (QED) is 0.587. The third kappa shape index (κ3) is 3.18. The van der Waals surface area contributed by atoms with Crippen molar-refractivity contribution in [3.8, 4) is 0 Å². The molecule has 0 aromatic rings. The Morgan fingerprint density at radius 2 is 2.14 bits per heavy atom. The Morgan fingerprint density at radius 3 is 2.90 bits per heavy atom. The van der Waals surface area contributed by atoms with Crippen LogP contribution < -0.4 is 0 Å². The fourth-order valence-electron chi connectivity index (χ4n) is 4.75. The number of rotatable bonds is 3. The molecule has 0 bridgehead atoms. The van der Waals surface area contributed by atoms with Crippen molar-refractivity contribution in [1.82, 2.24) is 4.90 Å². The molecule has 3 heteroatoms. The molecular formula is C18H29NO2. The van der Waals surface area contributed by atoms with Crippen LogP contribution in [0.5, 0.6) is 0 Å². The van der Waals surface area contributed by atoms with E-state index in [2.05, 4.69) is 11.8 Å². The number of hydrogen-bond donors (Lipinski definition) is 0. The van der Waals surface area contributed by atoms with Gasteiger partial charge in [0.05, 0.1) is 0 Å². The molecule has 118 valence electrons. The number of likely N-dealkylation sites (tertiary alicyclic amines) is 1. The summed E-state index contributed by atoms with van der Waals surface area (Å²) in [6, 6.07) is 0.758. The largest absolute Gasteiger partial charge is 0.458 e. The van der Waals surface area contributed by atoms with Gasteiger partial charge in [0.2, 0.25) is 0 Å². The molecule has 3 aliphatic rings. The maximum Gasteiger partial charge on any atom is 0.303 e. The lowest BCUT2D eigenvalue weighted by molar-refractivity contribution is -0.145. The van der Waals surface area contributed by atoms with Crippen LogP contribution in [0.25, 0.3) is 0 Å². The highest BCUT2D eigenvalue weighted by Gasteiger charge is 2.39. The first kappa shape index (κ1) is 15.1. The van der Waals surface area contributed by atoms with E-state index >= 15 is 0 Å². The van der Waals surface area contributed by atoms with Crippen LogP contribution in [0, 0.1) is 5.92 Å². The fraction of sp³-hybridized carbons (Fsp3) is 0.833. The fourth-order valence-corrected chi connectivity index (χ4v) is 4.75. The number of ether oxygens (including phenoxy) is 1. The Morgan fingerprint density at radius 1 is 1.29 bits per heavy atom. The van der Waals surface area contributed by atoms with E-state index < -0.39 is 0 Å². The summed E-state index contributed by atoms with van der Waals surface area (Å²) in [7, 11) is 0. The van der Waals surface area contributed by atoms with Crippen molar-refractivity contribution in [1.29, 1.82) is 0 Å². The second kappa shape index (κ2) is 6.51. The van der Waals surface area contributed by atoms with Gasteiger partial charge in [0.15, 0.2) is 0 Å². The Labute approximate surface area is 128 Å². The second-order valence-electron chi connectivity index (χ2n) is 7.03. The number of piperidine rings is 1. The predicted octanol–water partition coefficient (Wildman–Crippen LogP) is 3.68. The Kier molecular flexibility index (Phi) is 4.68. The number of fused-ring (bicyclic) bond motifs is 1. The first-order valence-electron chi connectivity index (χ1n) is 8.81. The Hall–Kier alpha value is -0.830. The topological polar surface area (TPSA) is 29.5 Å². The van der Waals surface area contributed by atoms with Gasteiger partial charge in [-0.15, -0.1) is 0 Å². The van der Waals surface area contributed by atoms with Gasteiger partial charge in [0.25, 0.3) is 0 Å². The van der Waals surface area contributed by atoms with Crippen LogP contribution in [0.1, 0.15) is 65.2 Å². The number of nitrogens with zero attached hydrogens (tertiary/aromatic N) is 1. The van der Waals surface area contributed by atoms with Gasteiger partial charge < -0.3 is 4.74 Å². The van der Waals surface area contributed by atoms with Crippen molar-refractivity contribution in [3.05, 3.63) is 11.1 Å². The van der Waals surface area contributed by atoms with E-state index in [9.17, 15) is 4.79 Å². The molecule has 3 atom stereocenters. The standard InChI is InChI=1S/C18H29NO2/c1-3-9-19-10-5-7-15-11-16-14(12-17(15)19)6-4-8-18(16)21-13(2)20/h15,17-18H,3-12H2,1-2H3/t15-,17-,18-/m0/s1. The first-order chi connectivity index (χ1) is 10.2. The molecule has 1 fully saturated rings. The third-order valence-electron chi connectivity index (χ3n) is 5.58. The van der Waals surface area contributed by atoms with E-state index in [1.54, 1.807) is 12.5 Å². The summed E-state index contributed by atoms with van der Waals surface area (Å²) in [5, 5.41) is 0. The molecule has 0 radical (unpaired) electrons. The molecular weight excluding hydrogens is 262 g/mol. The van der Waals surface area contributed by atoms with Crippen LogP contribution >= 0.6 is 0 Å². The number of hydrogen-bond acceptors (Lipinski definition) is 3. The van der Waals surface area contributed by atoms with Crippen molar-refractivity contribution < 1.29 is 9.53 Å². The molecule has 1 saturated heterocycles. The van der Waals surface area contributed by atoms with Gasteiger partial charge in [-0.2, -0.15) is 0 Å². The molecule has 1 heterocycles. The van der Waals surface area contributed by atoms with Gasteiger partial charge in [-0.1, -0.05) is 12.5 Å². The number of carbonyl (C=O) groups is 1. The average molecular weight is 291 g/mol. The SMILES string of the molecule is CCCN1CCC[C@H]2CC3=C(CCC[C@@H]3OC(C)=O)C[C@@H]21. The minimum Gasteiger partial charge on any atom is -0.458 e. The molecule has 0 spiro atoms. The zero-order valence-electron chi connectivity index (χ0n) is 13.6. The van der Waals surface area contributed by atoms with Crippen LogP contribution in [-0.4, -0.2) is 36.1 Å². The molecule has 1 aliphatic heterocycles. The highest BCUT2D eigenvalue weighted by Crippen LogP contribution is 2.44. The maximum atomic E-state index is 11.4. The zero-order valence-corrected chi connectivity index (χ0v) is 13.6. The van der Waals surface area contributed by atoms with Crippen molar-refractivity contribution >= 4 is 5.97 Å². The minimum absolute atomic E-state index is 0.0914. The molecule has 0 aromatic heterocycles. The smallest absolute Gasteiger partial charge is 0.303 e. The molecule has 21 heavy (non-hydrogen) atoms. The van der Waals surface area contributed by atoms with Gasteiger partial charge in [-0.3, -0.25) is 9.69 Å².